The maximum absolute atomic E-state index is 13.3. The summed E-state index contributed by atoms with van der Waals surface area (Å²) in [5.41, 5.74) is 0.123. The van der Waals surface area contributed by atoms with E-state index < -0.39 is 5.60 Å². The second kappa shape index (κ2) is 8.06. The lowest BCUT2D eigenvalue weighted by Crippen LogP contribution is -2.38. The van der Waals surface area contributed by atoms with Gasteiger partial charge in [0.25, 0.3) is 0 Å². The molecule has 0 fully saturated rings. The number of rotatable bonds is 7. The molecule has 3 aromatic rings. The van der Waals surface area contributed by atoms with E-state index in [0.29, 0.717) is 22.6 Å². The molecule has 27 heavy (non-hydrogen) atoms. The highest BCUT2D eigenvalue weighted by molar-refractivity contribution is 6.03. The Bertz CT molecular complexity index is 886. The van der Waals surface area contributed by atoms with Crippen molar-refractivity contribution in [2.75, 3.05) is 14.2 Å². The molecule has 0 bridgehead atoms. The van der Waals surface area contributed by atoms with Crippen LogP contribution in [0.25, 0.3) is 0 Å². The van der Waals surface area contributed by atoms with Crippen molar-refractivity contribution in [3.05, 3.63) is 95.6 Å². The summed E-state index contributed by atoms with van der Waals surface area (Å²) in [6.45, 7) is 0. The zero-order valence-electron chi connectivity index (χ0n) is 15.4. The molecule has 0 aliphatic heterocycles. The molecule has 0 aliphatic carbocycles. The second-order valence-corrected chi connectivity index (χ2v) is 6.31. The molecule has 0 heterocycles. The lowest BCUT2D eigenvalue weighted by Gasteiger charge is -2.28. The zero-order chi connectivity index (χ0) is 19.3. The van der Waals surface area contributed by atoms with E-state index in [2.05, 4.69) is 0 Å². The number of carbonyl (C=O) groups is 1. The largest absolute Gasteiger partial charge is 0.497 e. The van der Waals surface area contributed by atoms with Crippen molar-refractivity contribution in [1.29, 1.82) is 0 Å². The van der Waals surface area contributed by atoms with Crippen LogP contribution in [0.3, 0.4) is 0 Å². The van der Waals surface area contributed by atoms with E-state index in [-0.39, 0.29) is 12.2 Å². The Labute approximate surface area is 159 Å². The molecule has 0 saturated heterocycles. The fourth-order valence-electron chi connectivity index (χ4n) is 3.05. The topological polar surface area (TPSA) is 55.8 Å². The predicted octanol–water partition coefficient (Wildman–Crippen LogP) is 4.02. The summed E-state index contributed by atoms with van der Waals surface area (Å²) in [4.78, 5) is 13.3. The molecule has 3 rings (SSSR count). The number of hydrogen-bond acceptors (Lipinski definition) is 4. The Hall–Kier alpha value is -3.11. The lowest BCUT2D eigenvalue weighted by atomic mass is 9.81. The SMILES string of the molecule is COc1ccc(C(=O)C(O)(Cc2ccccc2)c2ccc(OC)cc2)cc1. The third-order valence-corrected chi connectivity index (χ3v) is 4.60. The first-order valence-corrected chi connectivity index (χ1v) is 8.66. The van der Waals surface area contributed by atoms with Gasteiger partial charge in [0.1, 0.15) is 11.5 Å². The number of carbonyl (C=O) groups excluding carboxylic acids is 1. The third kappa shape index (κ3) is 4.01. The average Bonchev–Trinajstić information content (AvgIpc) is 2.74. The summed E-state index contributed by atoms with van der Waals surface area (Å²) < 4.78 is 10.3. The van der Waals surface area contributed by atoms with Crippen LogP contribution < -0.4 is 9.47 Å². The zero-order valence-corrected chi connectivity index (χ0v) is 15.4. The summed E-state index contributed by atoms with van der Waals surface area (Å²) in [6, 6.07) is 23.2. The molecule has 3 aromatic carbocycles. The van der Waals surface area contributed by atoms with Gasteiger partial charge in [0.2, 0.25) is 0 Å². The standard InChI is InChI=1S/C23H22O4/c1-26-20-12-8-18(9-13-20)22(24)23(25,16-17-6-4-3-5-7-17)19-10-14-21(27-2)15-11-19/h3-15,25H,16H2,1-2H3. The summed E-state index contributed by atoms with van der Waals surface area (Å²) in [6.07, 6.45) is 0.172. The van der Waals surface area contributed by atoms with Crippen LogP contribution in [0.1, 0.15) is 21.5 Å². The fraction of sp³-hybridized carbons (Fsp3) is 0.174. The molecule has 4 heteroatoms. The van der Waals surface area contributed by atoms with Gasteiger partial charge in [-0.25, -0.2) is 0 Å². The van der Waals surface area contributed by atoms with Crippen LogP contribution in [0, 0.1) is 0 Å². The quantitative estimate of drug-likeness (QED) is 0.645. The molecule has 4 nitrogen and oxygen atoms in total. The predicted molar refractivity (Wildman–Crippen MR) is 104 cm³/mol. The van der Waals surface area contributed by atoms with Crippen LogP contribution in [0.2, 0.25) is 0 Å². The highest BCUT2D eigenvalue weighted by Gasteiger charge is 2.38. The number of benzene rings is 3. The molecular formula is C23H22O4. The van der Waals surface area contributed by atoms with E-state index in [1.54, 1.807) is 62.8 Å². The van der Waals surface area contributed by atoms with Crippen LogP contribution >= 0.6 is 0 Å². The maximum Gasteiger partial charge on any atom is 0.199 e. The smallest absolute Gasteiger partial charge is 0.199 e. The number of aliphatic hydroxyl groups is 1. The van der Waals surface area contributed by atoms with Gasteiger partial charge in [0.15, 0.2) is 11.4 Å². The third-order valence-electron chi connectivity index (χ3n) is 4.60. The number of ether oxygens (including phenoxy) is 2. The summed E-state index contributed by atoms with van der Waals surface area (Å²) >= 11 is 0. The number of Topliss-reactive ketones (excluding diaryl/α,β-unsaturated/α-hetero) is 1. The van der Waals surface area contributed by atoms with E-state index in [4.69, 9.17) is 9.47 Å². The fourth-order valence-corrected chi connectivity index (χ4v) is 3.05. The van der Waals surface area contributed by atoms with Gasteiger partial charge in [-0.05, 0) is 47.5 Å². The van der Waals surface area contributed by atoms with Crippen LogP contribution in [-0.4, -0.2) is 25.1 Å². The average molecular weight is 362 g/mol. The van der Waals surface area contributed by atoms with E-state index >= 15 is 0 Å². The van der Waals surface area contributed by atoms with Crippen molar-refractivity contribution in [2.24, 2.45) is 0 Å². The number of methoxy groups -OCH3 is 2. The summed E-state index contributed by atoms with van der Waals surface area (Å²) in [5.74, 6) is 0.958. The molecular weight excluding hydrogens is 340 g/mol. The van der Waals surface area contributed by atoms with Gasteiger partial charge in [0, 0.05) is 12.0 Å². The van der Waals surface area contributed by atoms with Gasteiger partial charge in [-0.1, -0.05) is 42.5 Å². The highest BCUT2D eigenvalue weighted by Crippen LogP contribution is 2.31. The van der Waals surface area contributed by atoms with Crippen LogP contribution in [0.4, 0.5) is 0 Å². The highest BCUT2D eigenvalue weighted by atomic mass is 16.5. The van der Waals surface area contributed by atoms with E-state index in [1.807, 2.05) is 30.3 Å². The number of hydrogen-bond donors (Lipinski definition) is 1. The monoisotopic (exact) mass is 362 g/mol. The van der Waals surface area contributed by atoms with Crippen LogP contribution in [0.15, 0.2) is 78.9 Å². The van der Waals surface area contributed by atoms with Gasteiger partial charge in [-0.3, -0.25) is 4.79 Å². The first kappa shape index (κ1) is 18.7. The van der Waals surface area contributed by atoms with Crippen molar-refractivity contribution in [3.63, 3.8) is 0 Å². The number of ketones is 1. The Balaban J connectivity index is 2.03. The van der Waals surface area contributed by atoms with Gasteiger partial charge in [0.05, 0.1) is 14.2 Å². The minimum atomic E-state index is -1.69. The molecule has 0 radical (unpaired) electrons. The van der Waals surface area contributed by atoms with Crippen molar-refractivity contribution in [1.82, 2.24) is 0 Å². The molecule has 1 atom stereocenters. The lowest BCUT2D eigenvalue weighted by molar-refractivity contribution is 0.0298. The van der Waals surface area contributed by atoms with E-state index in [9.17, 15) is 9.90 Å². The van der Waals surface area contributed by atoms with Crippen molar-refractivity contribution < 1.29 is 19.4 Å². The minimum Gasteiger partial charge on any atom is -0.497 e. The molecule has 1 unspecified atom stereocenters. The van der Waals surface area contributed by atoms with E-state index in [0.717, 1.165) is 5.56 Å². The van der Waals surface area contributed by atoms with E-state index in [1.165, 1.54) is 0 Å². The van der Waals surface area contributed by atoms with Crippen molar-refractivity contribution in [2.45, 2.75) is 12.0 Å². The molecule has 0 aromatic heterocycles. The Morgan fingerprint density at radius 3 is 1.85 bits per heavy atom. The minimum absolute atomic E-state index is 0.172. The van der Waals surface area contributed by atoms with Gasteiger partial charge in [-0.15, -0.1) is 0 Å². The maximum atomic E-state index is 13.3. The Morgan fingerprint density at radius 1 is 0.815 bits per heavy atom. The van der Waals surface area contributed by atoms with Crippen LogP contribution in [0.5, 0.6) is 11.5 Å². The molecule has 0 amide bonds. The first-order chi connectivity index (χ1) is 13.1. The Kier molecular flexibility index (Phi) is 5.57. The van der Waals surface area contributed by atoms with Crippen molar-refractivity contribution in [3.8, 4) is 11.5 Å². The molecule has 138 valence electrons. The molecule has 1 N–H and O–H groups in total. The van der Waals surface area contributed by atoms with Gasteiger partial charge in [-0.2, -0.15) is 0 Å². The van der Waals surface area contributed by atoms with Gasteiger partial charge >= 0.3 is 0 Å². The van der Waals surface area contributed by atoms with Crippen molar-refractivity contribution >= 4 is 5.78 Å². The molecule has 0 aliphatic rings. The summed E-state index contributed by atoms with van der Waals surface area (Å²) in [5, 5.41) is 11.5. The first-order valence-electron chi connectivity index (χ1n) is 8.66. The molecule has 0 saturated carbocycles. The normalized spacial score (nSPS) is 12.9. The molecule has 0 spiro atoms. The Morgan fingerprint density at radius 2 is 1.33 bits per heavy atom. The summed E-state index contributed by atoms with van der Waals surface area (Å²) in [7, 11) is 3.15. The van der Waals surface area contributed by atoms with Crippen LogP contribution in [-0.2, 0) is 12.0 Å². The second-order valence-electron chi connectivity index (χ2n) is 6.31. The van der Waals surface area contributed by atoms with Gasteiger partial charge < -0.3 is 14.6 Å².